The van der Waals surface area contributed by atoms with Crippen molar-refractivity contribution in [3.8, 4) is 6.07 Å². The fourth-order valence-electron chi connectivity index (χ4n) is 5.39. The first-order chi connectivity index (χ1) is 18.0. The third-order valence-electron chi connectivity index (χ3n) is 7.56. The number of hydrogen-bond donors (Lipinski definition) is 2. The number of ether oxygens (including phenoxy) is 1. The van der Waals surface area contributed by atoms with Gasteiger partial charge in [-0.15, -0.1) is 11.3 Å². The average molecular weight is 524 g/mol. The van der Waals surface area contributed by atoms with Crippen LogP contribution in [0.15, 0.2) is 41.8 Å². The van der Waals surface area contributed by atoms with E-state index >= 15 is 0 Å². The third kappa shape index (κ3) is 7.17. The van der Waals surface area contributed by atoms with Crippen LogP contribution in [0.1, 0.15) is 59.3 Å². The highest BCUT2D eigenvalue weighted by Crippen LogP contribution is 2.27. The first kappa shape index (κ1) is 27.3. The second-order valence-electron chi connectivity index (χ2n) is 10.1. The van der Waals surface area contributed by atoms with E-state index in [1.165, 1.54) is 11.3 Å². The van der Waals surface area contributed by atoms with Crippen LogP contribution in [0.2, 0.25) is 0 Å². The molecule has 4 rings (SSSR count). The highest BCUT2D eigenvalue weighted by Gasteiger charge is 2.39. The van der Waals surface area contributed by atoms with E-state index in [2.05, 4.69) is 16.3 Å². The minimum Gasteiger partial charge on any atom is -0.383 e. The summed E-state index contributed by atoms with van der Waals surface area (Å²) in [7, 11) is 1.69. The number of thiophene rings is 1. The van der Waals surface area contributed by atoms with E-state index in [-0.39, 0.29) is 29.9 Å². The van der Waals surface area contributed by atoms with Crippen molar-refractivity contribution in [2.75, 3.05) is 26.8 Å². The maximum Gasteiger partial charge on any atom is 0.264 e. The SMILES string of the molecule is COCCN(Cc1ccc(C#N)cc1)C1CCN(C(=O)c2cccs2)[C@@H](C(=O)NC2CCC(N)CC2)C1. The topological polar surface area (TPSA) is 112 Å². The van der Waals surface area contributed by atoms with E-state index in [1.807, 2.05) is 41.8 Å². The van der Waals surface area contributed by atoms with Gasteiger partial charge < -0.3 is 20.7 Å². The van der Waals surface area contributed by atoms with Crippen molar-refractivity contribution in [1.29, 1.82) is 5.26 Å². The Hall–Kier alpha value is -2.77. The first-order valence-electron chi connectivity index (χ1n) is 13.1. The Balaban J connectivity index is 1.51. The molecule has 198 valence electrons. The lowest BCUT2D eigenvalue weighted by atomic mass is 9.90. The number of rotatable bonds is 9. The van der Waals surface area contributed by atoms with Crippen LogP contribution in [0.3, 0.4) is 0 Å². The molecule has 3 N–H and O–H groups in total. The van der Waals surface area contributed by atoms with E-state index < -0.39 is 6.04 Å². The summed E-state index contributed by atoms with van der Waals surface area (Å²) in [4.78, 5) is 31.8. The van der Waals surface area contributed by atoms with Crippen molar-refractivity contribution in [1.82, 2.24) is 15.1 Å². The first-order valence-corrected chi connectivity index (χ1v) is 14.0. The highest BCUT2D eigenvalue weighted by molar-refractivity contribution is 7.12. The van der Waals surface area contributed by atoms with Gasteiger partial charge in [-0.25, -0.2) is 0 Å². The summed E-state index contributed by atoms with van der Waals surface area (Å²) in [6.07, 6.45) is 4.91. The largest absolute Gasteiger partial charge is 0.383 e. The Morgan fingerprint density at radius 3 is 2.59 bits per heavy atom. The fourth-order valence-corrected chi connectivity index (χ4v) is 6.07. The van der Waals surface area contributed by atoms with Crippen LogP contribution in [0.25, 0.3) is 0 Å². The zero-order chi connectivity index (χ0) is 26.2. The summed E-state index contributed by atoms with van der Waals surface area (Å²) in [5.41, 5.74) is 7.80. The van der Waals surface area contributed by atoms with Crippen molar-refractivity contribution in [2.24, 2.45) is 5.73 Å². The van der Waals surface area contributed by atoms with E-state index in [0.29, 0.717) is 36.6 Å². The number of nitriles is 1. The average Bonchev–Trinajstić information content (AvgIpc) is 3.47. The van der Waals surface area contributed by atoms with Crippen LogP contribution < -0.4 is 11.1 Å². The molecule has 9 heteroatoms. The predicted octanol–water partition coefficient (Wildman–Crippen LogP) is 3.13. The minimum absolute atomic E-state index is 0.0693. The van der Waals surface area contributed by atoms with Gasteiger partial charge in [0.2, 0.25) is 5.91 Å². The lowest BCUT2D eigenvalue weighted by Crippen LogP contribution is -2.58. The van der Waals surface area contributed by atoms with Gasteiger partial charge in [-0.3, -0.25) is 14.5 Å². The fraction of sp³-hybridized carbons (Fsp3) is 0.536. The minimum atomic E-state index is -0.532. The van der Waals surface area contributed by atoms with Crippen LogP contribution >= 0.6 is 11.3 Å². The molecule has 1 unspecified atom stereocenters. The molecular weight excluding hydrogens is 486 g/mol. The van der Waals surface area contributed by atoms with Gasteiger partial charge in [0.15, 0.2) is 0 Å². The summed E-state index contributed by atoms with van der Waals surface area (Å²) < 4.78 is 5.39. The Labute approximate surface area is 223 Å². The summed E-state index contributed by atoms with van der Waals surface area (Å²) in [6.45, 7) is 2.50. The monoisotopic (exact) mass is 523 g/mol. The van der Waals surface area contributed by atoms with Gasteiger partial charge in [-0.2, -0.15) is 5.26 Å². The second kappa shape index (κ2) is 13.2. The Morgan fingerprint density at radius 1 is 1.19 bits per heavy atom. The number of likely N-dealkylation sites (tertiary alicyclic amines) is 1. The lowest BCUT2D eigenvalue weighted by Gasteiger charge is -2.43. The summed E-state index contributed by atoms with van der Waals surface area (Å²) >= 11 is 1.41. The number of nitrogens with one attached hydrogen (secondary N) is 1. The number of carbonyl (C=O) groups is 2. The quantitative estimate of drug-likeness (QED) is 0.522. The number of carbonyl (C=O) groups excluding carboxylic acids is 2. The van der Waals surface area contributed by atoms with Crippen molar-refractivity contribution >= 4 is 23.2 Å². The number of methoxy groups -OCH3 is 1. The molecule has 2 atom stereocenters. The van der Waals surface area contributed by atoms with Gasteiger partial charge in [0, 0.05) is 44.9 Å². The number of piperidine rings is 1. The molecular formula is C28H37N5O3S. The van der Waals surface area contributed by atoms with Crippen LogP contribution in [0.4, 0.5) is 0 Å². The molecule has 2 fully saturated rings. The van der Waals surface area contributed by atoms with Crippen molar-refractivity contribution in [3.05, 3.63) is 57.8 Å². The number of amides is 2. The maximum absolute atomic E-state index is 13.6. The molecule has 1 saturated carbocycles. The maximum atomic E-state index is 13.6. The normalized spacial score (nSPS) is 24.0. The summed E-state index contributed by atoms with van der Waals surface area (Å²) in [6, 6.07) is 13.4. The molecule has 1 aliphatic heterocycles. The van der Waals surface area contributed by atoms with Gasteiger partial charge in [-0.1, -0.05) is 18.2 Å². The molecule has 0 radical (unpaired) electrons. The third-order valence-corrected chi connectivity index (χ3v) is 8.41. The molecule has 2 amide bonds. The molecule has 1 aromatic carbocycles. The lowest BCUT2D eigenvalue weighted by molar-refractivity contribution is -0.128. The molecule has 8 nitrogen and oxygen atoms in total. The molecule has 2 aromatic rings. The zero-order valence-electron chi connectivity index (χ0n) is 21.5. The Bertz CT molecular complexity index is 1060. The summed E-state index contributed by atoms with van der Waals surface area (Å²) in [5.74, 6) is -0.144. The van der Waals surface area contributed by atoms with Crippen LogP contribution in [0.5, 0.6) is 0 Å². The molecule has 1 aliphatic carbocycles. The Morgan fingerprint density at radius 2 is 1.95 bits per heavy atom. The number of nitrogens with zero attached hydrogens (tertiary/aromatic N) is 3. The molecule has 2 heterocycles. The smallest absolute Gasteiger partial charge is 0.264 e. The van der Waals surface area contributed by atoms with Gasteiger partial charge in [-0.05, 0) is 67.7 Å². The van der Waals surface area contributed by atoms with Crippen molar-refractivity contribution in [2.45, 2.75) is 69.2 Å². The molecule has 0 spiro atoms. The van der Waals surface area contributed by atoms with Gasteiger partial charge in [0.05, 0.1) is 23.1 Å². The predicted molar refractivity (Wildman–Crippen MR) is 144 cm³/mol. The van der Waals surface area contributed by atoms with Crippen LogP contribution in [0, 0.1) is 11.3 Å². The van der Waals surface area contributed by atoms with Gasteiger partial charge >= 0.3 is 0 Å². The standard InChI is InChI=1S/C28H37N5O3S/c1-36-15-14-32(19-21-6-4-20(18-29)5-7-21)24-12-13-33(28(35)26-3-2-16-37-26)25(17-24)27(34)31-23-10-8-22(30)9-11-23/h2-7,16,22-25H,8-15,17,19,30H2,1H3,(H,31,34)/t22?,23?,24?,25-/m1/s1. The van der Waals surface area contributed by atoms with E-state index in [1.54, 1.807) is 12.0 Å². The molecule has 0 bridgehead atoms. The van der Waals surface area contributed by atoms with Crippen molar-refractivity contribution < 1.29 is 14.3 Å². The number of hydrogen-bond acceptors (Lipinski definition) is 7. The molecule has 1 aromatic heterocycles. The van der Waals surface area contributed by atoms with Crippen LogP contribution in [-0.4, -0.2) is 72.6 Å². The molecule has 1 saturated heterocycles. The van der Waals surface area contributed by atoms with Crippen LogP contribution in [-0.2, 0) is 16.1 Å². The number of benzene rings is 1. The summed E-state index contributed by atoms with van der Waals surface area (Å²) in [5, 5.41) is 14.3. The van der Waals surface area contributed by atoms with E-state index in [0.717, 1.165) is 44.2 Å². The number of nitrogens with two attached hydrogens (primary N) is 1. The molecule has 2 aliphatic rings. The Kier molecular flexibility index (Phi) is 9.69. The van der Waals surface area contributed by atoms with E-state index in [9.17, 15) is 9.59 Å². The second-order valence-corrected chi connectivity index (χ2v) is 11.0. The van der Waals surface area contributed by atoms with Gasteiger partial charge in [0.1, 0.15) is 6.04 Å². The van der Waals surface area contributed by atoms with E-state index in [4.69, 9.17) is 15.7 Å². The van der Waals surface area contributed by atoms with Gasteiger partial charge in [0.25, 0.3) is 5.91 Å². The molecule has 37 heavy (non-hydrogen) atoms. The zero-order valence-corrected chi connectivity index (χ0v) is 22.3. The van der Waals surface area contributed by atoms with Crippen molar-refractivity contribution in [3.63, 3.8) is 0 Å². The highest BCUT2D eigenvalue weighted by atomic mass is 32.1.